The first kappa shape index (κ1) is 18.9. The molecule has 2 heterocycles. The molecular weight excluding hydrogens is 353 g/mol. The normalized spacial score (nSPS) is 21.2. The summed E-state index contributed by atoms with van der Waals surface area (Å²) < 4.78 is 19.7. The number of rotatable bonds is 6. The van der Waals surface area contributed by atoms with Gasteiger partial charge in [-0.05, 0) is 48.2 Å². The predicted molar refractivity (Wildman–Crippen MR) is 110 cm³/mol. The van der Waals surface area contributed by atoms with Gasteiger partial charge in [0.25, 0.3) is 6.02 Å². The first-order valence-corrected chi connectivity index (χ1v) is 10.3. The molecule has 0 bridgehead atoms. The zero-order valence-electron chi connectivity index (χ0n) is 16.4. The lowest BCUT2D eigenvalue weighted by Crippen LogP contribution is -2.42. The molecule has 0 spiro atoms. The van der Waals surface area contributed by atoms with Gasteiger partial charge in [0.15, 0.2) is 0 Å². The van der Waals surface area contributed by atoms with Crippen molar-refractivity contribution < 1.29 is 9.13 Å². The lowest BCUT2D eigenvalue weighted by Gasteiger charge is -2.38. The van der Waals surface area contributed by atoms with Crippen molar-refractivity contribution in [1.29, 1.82) is 0 Å². The van der Waals surface area contributed by atoms with Crippen LogP contribution in [0.2, 0.25) is 0 Å². The average molecular weight is 381 g/mol. The Balaban J connectivity index is 1.54. The fourth-order valence-corrected chi connectivity index (χ4v) is 4.01. The molecule has 2 atom stereocenters. The van der Waals surface area contributed by atoms with Gasteiger partial charge in [0.05, 0.1) is 12.6 Å². The summed E-state index contributed by atoms with van der Waals surface area (Å²) in [5, 5.41) is 3.46. The van der Waals surface area contributed by atoms with Crippen molar-refractivity contribution in [1.82, 2.24) is 10.2 Å². The third-order valence-corrected chi connectivity index (χ3v) is 5.50. The fourth-order valence-electron chi connectivity index (χ4n) is 4.01. The standard InChI is InChI=1S/C23H28FN3O/c1-2-3-13-25-15-20-16-26-23(28-20)27-14-12-17-6-4-5-7-21(17)22(27)18-8-10-19(24)11-9-18/h4-11,20,22,25H,2-3,12-16H2,1H3/t20-,22+/m1/s1. The number of nitrogens with zero attached hydrogens (tertiary/aromatic N) is 2. The van der Waals surface area contributed by atoms with Crippen LogP contribution >= 0.6 is 0 Å². The van der Waals surface area contributed by atoms with Crippen LogP contribution in [0, 0.1) is 5.82 Å². The summed E-state index contributed by atoms with van der Waals surface area (Å²) in [6, 6.07) is 16.0. The van der Waals surface area contributed by atoms with Crippen molar-refractivity contribution in [2.45, 2.75) is 38.3 Å². The topological polar surface area (TPSA) is 36.9 Å². The van der Waals surface area contributed by atoms with Crippen molar-refractivity contribution in [2.24, 2.45) is 4.99 Å². The van der Waals surface area contributed by atoms with Gasteiger partial charge in [-0.15, -0.1) is 0 Å². The summed E-state index contributed by atoms with van der Waals surface area (Å²) in [4.78, 5) is 6.95. The number of unbranched alkanes of at least 4 members (excludes halogenated alkanes) is 1. The van der Waals surface area contributed by atoms with Gasteiger partial charge >= 0.3 is 0 Å². The molecule has 0 aromatic heterocycles. The van der Waals surface area contributed by atoms with Crippen molar-refractivity contribution in [3.05, 3.63) is 71.0 Å². The van der Waals surface area contributed by atoms with Crippen LogP contribution in [0.5, 0.6) is 0 Å². The Kier molecular flexibility index (Phi) is 5.91. The third kappa shape index (κ3) is 4.04. The summed E-state index contributed by atoms with van der Waals surface area (Å²) in [6.45, 7) is 5.55. The number of aliphatic imine (C=N–C) groups is 1. The molecule has 0 unspecified atom stereocenters. The van der Waals surface area contributed by atoms with Crippen molar-refractivity contribution in [2.75, 3.05) is 26.2 Å². The van der Waals surface area contributed by atoms with Gasteiger partial charge in [0.1, 0.15) is 11.9 Å². The number of halogens is 1. The lowest BCUT2D eigenvalue weighted by atomic mass is 9.88. The van der Waals surface area contributed by atoms with Crippen molar-refractivity contribution >= 4 is 6.02 Å². The van der Waals surface area contributed by atoms with Crippen LogP contribution in [0.15, 0.2) is 53.5 Å². The highest BCUT2D eigenvalue weighted by Gasteiger charge is 2.34. The van der Waals surface area contributed by atoms with Crippen LogP contribution in [0.1, 0.15) is 42.5 Å². The molecule has 4 nitrogen and oxygen atoms in total. The highest BCUT2D eigenvalue weighted by molar-refractivity contribution is 5.77. The first-order chi connectivity index (χ1) is 13.8. The molecule has 5 heteroatoms. The van der Waals surface area contributed by atoms with Crippen LogP contribution in [-0.4, -0.2) is 43.2 Å². The minimum atomic E-state index is -0.216. The molecule has 148 valence electrons. The van der Waals surface area contributed by atoms with Gasteiger partial charge in [-0.1, -0.05) is 49.7 Å². The predicted octanol–water partition coefficient (Wildman–Crippen LogP) is 3.92. The molecule has 2 aromatic carbocycles. The quantitative estimate of drug-likeness (QED) is 0.771. The third-order valence-electron chi connectivity index (χ3n) is 5.50. The highest BCUT2D eigenvalue weighted by Crippen LogP contribution is 2.36. The van der Waals surface area contributed by atoms with E-state index in [0.29, 0.717) is 12.6 Å². The molecule has 2 aromatic rings. The monoisotopic (exact) mass is 381 g/mol. The van der Waals surface area contributed by atoms with E-state index in [4.69, 9.17) is 9.73 Å². The Hall–Kier alpha value is -2.40. The second kappa shape index (κ2) is 8.74. The van der Waals surface area contributed by atoms with Gasteiger partial charge in [-0.2, -0.15) is 0 Å². The molecule has 28 heavy (non-hydrogen) atoms. The largest absolute Gasteiger partial charge is 0.458 e. The molecule has 0 saturated carbocycles. The Morgan fingerprint density at radius 3 is 2.82 bits per heavy atom. The molecule has 0 fully saturated rings. The van der Waals surface area contributed by atoms with Gasteiger partial charge < -0.3 is 15.0 Å². The van der Waals surface area contributed by atoms with Gasteiger partial charge in [-0.25, -0.2) is 9.38 Å². The lowest BCUT2D eigenvalue weighted by molar-refractivity contribution is 0.166. The Morgan fingerprint density at radius 1 is 1.18 bits per heavy atom. The van der Waals surface area contributed by atoms with E-state index in [1.54, 1.807) is 0 Å². The van der Waals surface area contributed by atoms with Crippen LogP contribution in [0.3, 0.4) is 0 Å². The van der Waals surface area contributed by atoms with Crippen LogP contribution in [0.25, 0.3) is 0 Å². The number of benzene rings is 2. The smallest absolute Gasteiger partial charge is 0.288 e. The molecular formula is C23H28FN3O. The highest BCUT2D eigenvalue weighted by atomic mass is 19.1. The molecule has 0 aliphatic carbocycles. The molecule has 1 N–H and O–H groups in total. The summed E-state index contributed by atoms with van der Waals surface area (Å²) in [7, 11) is 0. The second-order valence-electron chi connectivity index (χ2n) is 7.52. The maximum absolute atomic E-state index is 13.5. The minimum absolute atomic E-state index is 0.00361. The van der Waals surface area contributed by atoms with E-state index in [9.17, 15) is 4.39 Å². The summed E-state index contributed by atoms with van der Waals surface area (Å²) in [6.07, 6.45) is 3.40. The molecule has 2 aliphatic heterocycles. The Morgan fingerprint density at radius 2 is 2.00 bits per heavy atom. The van der Waals surface area contributed by atoms with Crippen LogP contribution in [0.4, 0.5) is 4.39 Å². The molecule has 0 radical (unpaired) electrons. The number of amidine groups is 1. The maximum Gasteiger partial charge on any atom is 0.288 e. The zero-order valence-corrected chi connectivity index (χ0v) is 16.4. The van der Waals surface area contributed by atoms with E-state index in [1.807, 2.05) is 12.1 Å². The molecule has 4 rings (SSSR count). The number of hydrogen-bond donors (Lipinski definition) is 1. The van der Waals surface area contributed by atoms with E-state index in [2.05, 4.69) is 41.4 Å². The van der Waals surface area contributed by atoms with Gasteiger partial charge in [-0.3, -0.25) is 0 Å². The number of nitrogens with one attached hydrogen (secondary N) is 1. The SMILES string of the molecule is CCCCNC[C@@H]1CN=C(N2CCc3ccccc3[C@@H]2c2ccc(F)cc2)O1. The fraction of sp³-hybridized carbons (Fsp3) is 0.435. The zero-order chi connectivity index (χ0) is 19.3. The summed E-state index contributed by atoms with van der Waals surface area (Å²) >= 11 is 0. The van der Waals surface area contributed by atoms with Crippen LogP contribution in [-0.2, 0) is 11.2 Å². The molecule has 2 aliphatic rings. The molecule has 0 saturated heterocycles. The maximum atomic E-state index is 13.5. The van der Waals surface area contributed by atoms with E-state index in [1.165, 1.54) is 36.1 Å². The van der Waals surface area contributed by atoms with Gasteiger partial charge in [0, 0.05) is 13.1 Å². The van der Waals surface area contributed by atoms with E-state index >= 15 is 0 Å². The first-order valence-electron chi connectivity index (χ1n) is 10.3. The average Bonchev–Trinajstić information content (AvgIpc) is 3.20. The minimum Gasteiger partial charge on any atom is -0.458 e. The summed E-state index contributed by atoms with van der Waals surface area (Å²) in [5.74, 6) is -0.216. The van der Waals surface area contributed by atoms with Crippen molar-refractivity contribution in [3.8, 4) is 0 Å². The van der Waals surface area contributed by atoms with E-state index < -0.39 is 0 Å². The van der Waals surface area contributed by atoms with E-state index in [-0.39, 0.29) is 18.0 Å². The number of ether oxygens (including phenoxy) is 1. The number of hydrogen-bond acceptors (Lipinski definition) is 4. The van der Waals surface area contributed by atoms with E-state index in [0.717, 1.165) is 31.6 Å². The van der Waals surface area contributed by atoms with Crippen molar-refractivity contribution in [3.63, 3.8) is 0 Å². The number of fused-ring (bicyclic) bond motifs is 1. The second-order valence-corrected chi connectivity index (χ2v) is 7.52. The Bertz CT molecular complexity index is 821. The summed E-state index contributed by atoms with van der Waals surface area (Å²) in [5.41, 5.74) is 3.64. The molecule has 0 amide bonds. The van der Waals surface area contributed by atoms with Crippen LogP contribution < -0.4 is 5.32 Å². The Labute approximate surface area is 166 Å². The van der Waals surface area contributed by atoms with Gasteiger partial charge in [0.2, 0.25) is 0 Å².